The summed E-state index contributed by atoms with van der Waals surface area (Å²) in [5.41, 5.74) is 0.764. The number of hydrogen-bond acceptors (Lipinski definition) is 4. The van der Waals surface area contributed by atoms with Crippen molar-refractivity contribution in [1.29, 1.82) is 5.26 Å². The molecule has 0 saturated heterocycles. The number of nitrogens with zero attached hydrogens (tertiary/aromatic N) is 1. The van der Waals surface area contributed by atoms with Gasteiger partial charge >= 0.3 is 0 Å². The summed E-state index contributed by atoms with van der Waals surface area (Å²) in [6.07, 6.45) is 1.50. The molecule has 0 aromatic heterocycles. The number of benzene rings is 1. The summed E-state index contributed by atoms with van der Waals surface area (Å²) in [4.78, 5) is 11.7. The van der Waals surface area contributed by atoms with Gasteiger partial charge in [-0.2, -0.15) is 17.0 Å². The van der Waals surface area contributed by atoms with E-state index in [1.165, 1.54) is 18.2 Å². The number of nitriles is 1. The van der Waals surface area contributed by atoms with E-state index in [0.717, 1.165) is 11.5 Å². The number of nitrogens with one attached hydrogen (secondary N) is 1. The standard InChI is InChI=1S/C14H16N2O2S/c1-2-19-8-7-16-14(18)12(10-15)9-11-3-5-13(17)6-4-11/h3-6,9,17H,2,7-8H2,1H3,(H,16,18)/b12-9+. The van der Waals surface area contributed by atoms with E-state index in [1.807, 2.05) is 6.07 Å². The highest BCUT2D eigenvalue weighted by molar-refractivity contribution is 7.99. The van der Waals surface area contributed by atoms with E-state index in [0.29, 0.717) is 12.1 Å². The Morgan fingerprint density at radius 2 is 2.16 bits per heavy atom. The minimum Gasteiger partial charge on any atom is -0.508 e. The summed E-state index contributed by atoms with van der Waals surface area (Å²) in [6, 6.07) is 8.20. The molecule has 0 spiro atoms. The number of carbonyl (C=O) groups excluding carboxylic acids is 1. The summed E-state index contributed by atoms with van der Waals surface area (Å²) < 4.78 is 0. The Labute approximate surface area is 117 Å². The predicted octanol–water partition coefficient (Wildman–Crippen LogP) is 2.17. The van der Waals surface area contributed by atoms with Gasteiger partial charge in [0.05, 0.1) is 0 Å². The zero-order chi connectivity index (χ0) is 14.1. The van der Waals surface area contributed by atoms with Gasteiger partial charge in [0.1, 0.15) is 17.4 Å². The quantitative estimate of drug-likeness (QED) is 0.474. The molecule has 2 N–H and O–H groups in total. The van der Waals surface area contributed by atoms with Crippen molar-refractivity contribution in [2.75, 3.05) is 18.1 Å². The summed E-state index contributed by atoms with van der Waals surface area (Å²) in [6.45, 7) is 2.60. The fraction of sp³-hybridized carbons (Fsp3) is 0.286. The smallest absolute Gasteiger partial charge is 0.261 e. The third-order valence-electron chi connectivity index (χ3n) is 2.31. The lowest BCUT2D eigenvalue weighted by molar-refractivity contribution is -0.116. The summed E-state index contributed by atoms with van der Waals surface area (Å²) in [5, 5.41) is 20.8. The van der Waals surface area contributed by atoms with Gasteiger partial charge in [0, 0.05) is 12.3 Å². The Hall–Kier alpha value is -1.93. The lowest BCUT2D eigenvalue weighted by atomic mass is 10.1. The maximum Gasteiger partial charge on any atom is 0.261 e. The Balaban J connectivity index is 2.64. The molecule has 0 unspecified atom stereocenters. The molecule has 1 aromatic carbocycles. The Morgan fingerprint density at radius 1 is 1.47 bits per heavy atom. The summed E-state index contributed by atoms with van der Waals surface area (Å²) in [5.74, 6) is 1.62. The third-order valence-corrected chi connectivity index (χ3v) is 3.21. The molecule has 0 fully saturated rings. The van der Waals surface area contributed by atoms with E-state index in [1.54, 1.807) is 23.9 Å². The molecule has 0 atom stereocenters. The maximum atomic E-state index is 11.7. The molecule has 1 amide bonds. The van der Waals surface area contributed by atoms with Crippen LogP contribution in [0.2, 0.25) is 0 Å². The van der Waals surface area contributed by atoms with Crippen molar-refractivity contribution in [3.63, 3.8) is 0 Å². The van der Waals surface area contributed by atoms with Gasteiger partial charge in [-0.25, -0.2) is 0 Å². The van der Waals surface area contributed by atoms with Crippen LogP contribution in [0.5, 0.6) is 5.75 Å². The van der Waals surface area contributed by atoms with Crippen molar-refractivity contribution >= 4 is 23.7 Å². The lowest BCUT2D eigenvalue weighted by Gasteiger charge is -2.03. The van der Waals surface area contributed by atoms with Crippen LogP contribution in [-0.4, -0.2) is 29.1 Å². The third kappa shape index (κ3) is 5.49. The van der Waals surface area contributed by atoms with Gasteiger partial charge in [0.15, 0.2) is 0 Å². The van der Waals surface area contributed by atoms with Crippen LogP contribution in [0, 0.1) is 11.3 Å². The normalized spacial score (nSPS) is 10.8. The SMILES string of the molecule is CCSCCNC(=O)/C(C#N)=C/c1ccc(O)cc1. The highest BCUT2D eigenvalue weighted by Crippen LogP contribution is 2.12. The van der Waals surface area contributed by atoms with E-state index < -0.39 is 0 Å². The minimum atomic E-state index is -0.368. The molecular weight excluding hydrogens is 260 g/mol. The van der Waals surface area contributed by atoms with E-state index in [-0.39, 0.29) is 17.2 Å². The van der Waals surface area contributed by atoms with E-state index >= 15 is 0 Å². The molecule has 19 heavy (non-hydrogen) atoms. The molecule has 4 nitrogen and oxygen atoms in total. The van der Waals surface area contributed by atoms with Crippen LogP contribution in [0.1, 0.15) is 12.5 Å². The lowest BCUT2D eigenvalue weighted by Crippen LogP contribution is -2.26. The van der Waals surface area contributed by atoms with E-state index in [9.17, 15) is 4.79 Å². The van der Waals surface area contributed by atoms with Gasteiger partial charge in [-0.15, -0.1) is 0 Å². The summed E-state index contributed by atoms with van der Waals surface area (Å²) >= 11 is 1.73. The topological polar surface area (TPSA) is 73.1 Å². The van der Waals surface area contributed by atoms with Crippen LogP contribution in [0.15, 0.2) is 29.8 Å². The van der Waals surface area contributed by atoms with E-state index in [2.05, 4.69) is 12.2 Å². The van der Waals surface area contributed by atoms with Crippen molar-refractivity contribution in [2.24, 2.45) is 0 Å². The van der Waals surface area contributed by atoms with Crippen molar-refractivity contribution in [1.82, 2.24) is 5.32 Å². The predicted molar refractivity (Wildman–Crippen MR) is 77.7 cm³/mol. The maximum absolute atomic E-state index is 11.7. The second-order valence-corrected chi connectivity index (χ2v) is 5.11. The molecule has 5 heteroatoms. The first kappa shape index (κ1) is 15.1. The first-order valence-electron chi connectivity index (χ1n) is 5.94. The molecule has 1 rings (SSSR count). The van der Waals surface area contributed by atoms with Gasteiger partial charge in [-0.05, 0) is 29.5 Å². The zero-order valence-electron chi connectivity index (χ0n) is 10.7. The Kier molecular flexibility index (Phi) is 6.55. The molecule has 0 bridgehead atoms. The van der Waals surface area contributed by atoms with Crippen molar-refractivity contribution < 1.29 is 9.90 Å². The first-order chi connectivity index (χ1) is 9.17. The molecule has 0 radical (unpaired) electrons. The van der Waals surface area contributed by atoms with Crippen LogP contribution in [0.4, 0.5) is 0 Å². The zero-order valence-corrected chi connectivity index (χ0v) is 11.5. The van der Waals surface area contributed by atoms with Crippen LogP contribution in [0.3, 0.4) is 0 Å². The molecule has 0 aliphatic heterocycles. The highest BCUT2D eigenvalue weighted by atomic mass is 32.2. The van der Waals surface area contributed by atoms with Crippen molar-refractivity contribution in [2.45, 2.75) is 6.92 Å². The molecule has 0 aliphatic rings. The minimum absolute atomic E-state index is 0.0622. The number of aromatic hydroxyl groups is 1. The molecule has 0 heterocycles. The average Bonchev–Trinajstić information content (AvgIpc) is 2.42. The number of rotatable bonds is 6. The number of hydrogen-bond donors (Lipinski definition) is 2. The fourth-order valence-corrected chi connectivity index (χ4v) is 1.90. The van der Waals surface area contributed by atoms with Crippen molar-refractivity contribution in [3.8, 4) is 11.8 Å². The van der Waals surface area contributed by atoms with Gasteiger partial charge in [-0.3, -0.25) is 4.79 Å². The van der Waals surface area contributed by atoms with Crippen LogP contribution in [0.25, 0.3) is 6.08 Å². The second kappa shape index (κ2) is 8.22. The second-order valence-electron chi connectivity index (χ2n) is 3.71. The highest BCUT2D eigenvalue weighted by Gasteiger charge is 2.07. The van der Waals surface area contributed by atoms with Gasteiger partial charge < -0.3 is 10.4 Å². The van der Waals surface area contributed by atoms with E-state index in [4.69, 9.17) is 10.4 Å². The van der Waals surface area contributed by atoms with Gasteiger partial charge in [-0.1, -0.05) is 19.1 Å². The Morgan fingerprint density at radius 3 is 2.74 bits per heavy atom. The largest absolute Gasteiger partial charge is 0.508 e. The number of carbonyl (C=O) groups is 1. The fourth-order valence-electron chi connectivity index (χ4n) is 1.36. The van der Waals surface area contributed by atoms with Gasteiger partial charge in [0.25, 0.3) is 5.91 Å². The number of phenols is 1. The number of thioether (sulfide) groups is 1. The average molecular weight is 276 g/mol. The van der Waals surface area contributed by atoms with Crippen LogP contribution in [-0.2, 0) is 4.79 Å². The Bertz CT molecular complexity index is 489. The molecule has 0 saturated carbocycles. The number of phenolic OH excluding ortho intramolecular Hbond substituents is 1. The first-order valence-corrected chi connectivity index (χ1v) is 7.09. The van der Waals surface area contributed by atoms with Crippen LogP contribution < -0.4 is 5.32 Å². The van der Waals surface area contributed by atoms with Crippen molar-refractivity contribution in [3.05, 3.63) is 35.4 Å². The molecular formula is C14H16N2O2S. The molecule has 100 valence electrons. The monoisotopic (exact) mass is 276 g/mol. The number of amides is 1. The molecule has 0 aliphatic carbocycles. The summed E-state index contributed by atoms with van der Waals surface area (Å²) in [7, 11) is 0. The molecule has 1 aromatic rings. The van der Waals surface area contributed by atoms with Crippen LogP contribution >= 0.6 is 11.8 Å². The van der Waals surface area contributed by atoms with Gasteiger partial charge in [0.2, 0.25) is 0 Å².